The Morgan fingerprint density at radius 1 is 1.10 bits per heavy atom. The molecule has 1 atom stereocenters. The smallest absolute Gasteiger partial charge is 0.0240 e. The fraction of sp³-hybridized carbons (Fsp3) is 0.667. The predicted molar refractivity (Wildman–Crippen MR) is 93.4 cm³/mol. The minimum atomic E-state index is 0.629. The summed E-state index contributed by atoms with van der Waals surface area (Å²) in [6.07, 6.45) is 6.22. The van der Waals surface area contributed by atoms with Crippen molar-refractivity contribution in [3.63, 3.8) is 0 Å². The third kappa shape index (κ3) is 6.81. The zero-order chi connectivity index (χ0) is 15.0. The predicted octanol–water partition coefficient (Wildman–Crippen LogP) is 5.15. The van der Waals surface area contributed by atoms with Crippen molar-refractivity contribution < 1.29 is 0 Å². The van der Waals surface area contributed by atoms with Gasteiger partial charge >= 0.3 is 0 Å². The quantitative estimate of drug-likeness (QED) is 0.754. The van der Waals surface area contributed by atoms with Crippen molar-refractivity contribution in [1.82, 2.24) is 4.31 Å². The van der Waals surface area contributed by atoms with Crippen LogP contribution >= 0.6 is 12.8 Å². The van der Waals surface area contributed by atoms with Gasteiger partial charge in [0.05, 0.1) is 0 Å². The van der Waals surface area contributed by atoms with Crippen LogP contribution in [0.3, 0.4) is 0 Å². The molecular weight excluding hydrogens is 262 g/mol. The molecule has 0 aliphatic carbocycles. The number of hydrogen-bond acceptors (Lipinski definition) is 2. The van der Waals surface area contributed by atoms with Crippen LogP contribution in [-0.4, -0.2) is 16.9 Å². The van der Waals surface area contributed by atoms with Gasteiger partial charge in [-0.15, -0.1) is 0 Å². The van der Waals surface area contributed by atoms with Gasteiger partial charge in [0.1, 0.15) is 0 Å². The van der Waals surface area contributed by atoms with Gasteiger partial charge in [-0.2, -0.15) is 0 Å². The van der Waals surface area contributed by atoms with Crippen LogP contribution in [0.15, 0.2) is 24.3 Å². The first-order valence-electron chi connectivity index (χ1n) is 8.06. The van der Waals surface area contributed by atoms with Gasteiger partial charge in [0.2, 0.25) is 0 Å². The number of hydrogen-bond donors (Lipinski definition) is 1. The van der Waals surface area contributed by atoms with Crippen LogP contribution in [0.2, 0.25) is 0 Å². The molecule has 2 heteroatoms. The molecule has 0 spiro atoms. The van der Waals surface area contributed by atoms with Gasteiger partial charge < -0.3 is 0 Å². The minimum absolute atomic E-state index is 0.629. The summed E-state index contributed by atoms with van der Waals surface area (Å²) < 4.78 is 2.22. The Kier molecular flexibility index (Phi) is 8.32. The van der Waals surface area contributed by atoms with Crippen LogP contribution in [0.4, 0.5) is 0 Å². The topological polar surface area (TPSA) is 3.24 Å². The van der Waals surface area contributed by atoms with Gasteiger partial charge in [-0.1, -0.05) is 71.2 Å². The van der Waals surface area contributed by atoms with Gasteiger partial charge in [-0.05, 0) is 42.7 Å². The molecular formula is C18H31NS. The standard InChI is InChI=1S/C14H21NS.C4H10/c1-2-12-6-8-13(9-7-12)11-14-5-3-4-10-15(14)16;1-4(2)3/h6-9,14,16H,2-5,10-11H2,1H3;4H,1-3H3. The first kappa shape index (κ1) is 17.6. The highest BCUT2D eigenvalue weighted by Gasteiger charge is 2.19. The molecule has 1 aliphatic heterocycles. The van der Waals surface area contributed by atoms with Crippen LogP contribution in [0, 0.1) is 5.92 Å². The highest BCUT2D eigenvalue weighted by atomic mass is 32.1. The number of piperidine rings is 1. The van der Waals surface area contributed by atoms with E-state index < -0.39 is 0 Å². The maximum Gasteiger partial charge on any atom is 0.0240 e. The second-order valence-corrected chi connectivity index (χ2v) is 6.93. The Labute approximate surface area is 131 Å². The van der Waals surface area contributed by atoms with Gasteiger partial charge in [-0.3, -0.25) is 0 Å². The molecule has 0 bridgehead atoms. The molecule has 20 heavy (non-hydrogen) atoms. The Hall–Kier alpha value is -0.470. The fourth-order valence-corrected chi connectivity index (χ4v) is 2.71. The Bertz CT molecular complexity index is 355. The third-order valence-electron chi connectivity index (χ3n) is 3.50. The van der Waals surface area contributed by atoms with E-state index in [1.807, 2.05) is 0 Å². The molecule has 1 nitrogen and oxygen atoms in total. The summed E-state index contributed by atoms with van der Waals surface area (Å²) in [6.45, 7) is 9.84. The first-order valence-corrected chi connectivity index (χ1v) is 8.46. The number of rotatable bonds is 3. The van der Waals surface area contributed by atoms with E-state index in [1.165, 1.54) is 30.4 Å². The molecule has 1 unspecified atom stereocenters. The van der Waals surface area contributed by atoms with Crippen LogP contribution in [-0.2, 0) is 12.8 Å². The Balaban J connectivity index is 0.000000444. The van der Waals surface area contributed by atoms with E-state index in [0.29, 0.717) is 6.04 Å². The lowest BCUT2D eigenvalue weighted by Gasteiger charge is -2.31. The van der Waals surface area contributed by atoms with Gasteiger partial charge in [0.15, 0.2) is 0 Å². The van der Waals surface area contributed by atoms with Crippen molar-refractivity contribution in [2.45, 2.75) is 65.8 Å². The van der Waals surface area contributed by atoms with Crippen molar-refractivity contribution in [1.29, 1.82) is 0 Å². The lowest BCUT2D eigenvalue weighted by atomic mass is 9.97. The Morgan fingerprint density at radius 3 is 2.15 bits per heavy atom. The lowest BCUT2D eigenvalue weighted by molar-refractivity contribution is 0.276. The summed E-state index contributed by atoms with van der Waals surface area (Å²) >= 11 is 4.56. The van der Waals surface area contributed by atoms with E-state index in [2.05, 4.69) is 69.1 Å². The monoisotopic (exact) mass is 293 g/mol. The summed E-state index contributed by atoms with van der Waals surface area (Å²) in [4.78, 5) is 0. The number of nitrogens with zero attached hydrogens (tertiary/aromatic N) is 1. The summed E-state index contributed by atoms with van der Waals surface area (Å²) in [6, 6.07) is 9.68. The van der Waals surface area contributed by atoms with E-state index in [9.17, 15) is 0 Å². The highest BCUT2D eigenvalue weighted by molar-refractivity contribution is 7.77. The first-order chi connectivity index (χ1) is 9.52. The molecule has 0 radical (unpaired) electrons. The third-order valence-corrected chi connectivity index (χ3v) is 4.03. The molecule has 1 fully saturated rings. The maximum atomic E-state index is 4.56. The molecule has 0 saturated carbocycles. The van der Waals surface area contributed by atoms with Crippen LogP contribution < -0.4 is 0 Å². The van der Waals surface area contributed by atoms with Gasteiger partial charge in [-0.25, -0.2) is 4.31 Å². The molecule has 1 saturated heterocycles. The molecule has 1 aliphatic rings. The summed E-state index contributed by atoms with van der Waals surface area (Å²) in [5, 5.41) is 0. The van der Waals surface area contributed by atoms with Gasteiger partial charge in [0.25, 0.3) is 0 Å². The van der Waals surface area contributed by atoms with Crippen molar-refractivity contribution in [3.05, 3.63) is 35.4 Å². The summed E-state index contributed by atoms with van der Waals surface area (Å²) in [5.41, 5.74) is 2.87. The fourth-order valence-electron chi connectivity index (χ4n) is 2.38. The van der Waals surface area contributed by atoms with Crippen molar-refractivity contribution in [2.75, 3.05) is 6.54 Å². The average Bonchev–Trinajstić information content (AvgIpc) is 2.42. The molecule has 0 amide bonds. The highest BCUT2D eigenvalue weighted by Crippen LogP contribution is 2.22. The summed E-state index contributed by atoms with van der Waals surface area (Å²) in [7, 11) is 0. The molecule has 0 aromatic heterocycles. The van der Waals surface area contributed by atoms with Crippen molar-refractivity contribution in [2.24, 2.45) is 5.92 Å². The van der Waals surface area contributed by atoms with Crippen molar-refractivity contribution in [3.8, 4) is 0 Å². The number of benzene rings is 1. The van der Waals surface area contributed by atoms with Crippen molar-refractivity contribution >= 4 is 12.8 Å². The molecule has 1 aromatic rings. The summed E-state index contributed by atoms with van der Waals surface area (Å²) in [5.74, 6) is 0.833. The molecule has 114 valence electrons. The van der Waals surface area contributed by atoms with E-state index in [1.54, 1.807) is 0 Å². The van der Waals surface area contributed by atoms with E-state index >= 15 is 0 Å². The number of aryl methyl sites for hydroxylation is 1. The van der Waals surface area contributed by atoms with E-state index in [-0.39, 0.29) is 0 Å². The maximum absolute atomic E-state index is 4.56. The van der Waals surface area contributed by atoms with Crippen LogP contribution in [0.25, 0.3) is 0 Å². The largest absolute Gasteiger partial charge is 0.250 e. The molecule has 0 N–H and O–H groups in total. The van der Waals surface area contributed by atoms with Crippen LogP contribution in [0.5, 0.6) is 0 Å². The normalized spacial score (nSPS) is 19.6. The van der Waals surface area contributed by atoms with Gasteiger partial charge in [0, 0.05) is 12.6 Å². The molecule has 2 rings (SSSR count). The number of thiol groups is 1. The SMILES string of the molecule is CC(C)C.CCc1ccc(CC2CCCCN2S)cc1. The van der Waals surface area contributed by atoms with Crippen LogP contribution in [0.1, 0.15) is 58.1 Å². The van der Waals surface area contributed by atoms with E-state index in [4.69, 9.17) is 0 Å². The second-order valence-electron chi connectivity index (χ2n) is 6.42. The molecule has 1 heterocycles. The minimum Gasteiger partial charge on any atom is -0.250 e. The zero-order valence-corrected chi connectivity index (χ0v) is 14.5. The zero-order valence-electron chi connectivity index (χ0n) is 13.6. The Morgan fingerprint density at radius 2 is 1.65 bits per heavy atom. The molecule has 1 aromatic carbocycles. The second kappa shape index (κ2) is 9.46. The average molecular weight is 294 g/mol. The lowest BCUT2D eigenvalue weighted by Crippen LogP contribution is -2.33. The van der Waals surface area contributed by atoms with E-state index in [0.717, 1.165) is 25.3 Å².